The van der Waals surface area contributed by atoms with Crippen LogP contribution < -0.4 is 10.6 Å². The van der Waals surface area contributed by atoms with Crippen LogP contribution in [0.1, 0.15) is 36.8 Å². The number of benzene rings is 1. The number of hydrogen-bond acceptors (Lipinski definition) is 2. The molecule has 1 saturated heterocycles. The third kappa shape index (κ3) is 4.15. The van der Waals surface area contributed by atoms with E-state index in [4.69, 9.17) is 0 Å². The van der Waals surface area contributed by atoms with Gasteiger partial charge in [-0.25, -0.2) is 0 Å². The Balaban J connectivity index is 1.68. The van der Waals surface area contributed by atoms with Gasteiger partial charge in [-0.1, -0.05) is 29.8 Å². The lowest BCUT2D eigenvalue weighted by atomic mass is 10.1. The van der Waals surface area contributed by atoms with Crippen LogP contribution in [-0.4, -0.2) is 18.5 Å². The molecule has 1 heterocycles. The second-order valence-electron chi connectivity index (χ2n) is 5.10. The number of hydrogen-bond donors (Lipinski definition) is 2. The Labute approximate surface area is 109 Å². The minimum atomic E-state index is 0.158. The van der Waals surface area contributed by atoms with Crippen LogP contribution >= 0.6 is 0 Å². The molecule has 0 spiro atoms. The van der Waals surface area contributed by atoms with Crippen molar-refractivity contribution in [3.05, 3.63) is 35.4 Å². The predicted octanol–water partition coefficient (Wildman–Crippen LogP) is 2.14. The van der Waals surface area contributed by atoms with Crippen LogP contribution in [0.15, 0.2) is 24.3 Å². The number of carbonyl (C=O) groups is 1. The molecule has 0 radical (unpaired) electrons. The summed E-state index contributed by atoms with van der Waals surface area (Å²) in [5.74, 6) is 0.158. The van der Waals surface area contributed by atoms with Gasteiger partial charge in [-0.15, -0.1) is 0 Å². The van der Waals surface area contributed by atoms with Crippen molar-refractivity contribution in [1.29, 1.82) is 0 Å². The summed E-state index contributed by atoms with van der Waals surface area (Å²) in [6.07, 6.45) is 4.05. The number of amides is 1. The fraction of sp³-hybridized carbons (Fsp3) is 0.533. The van der Waals surface area contributed by atoms with Gasteiger partial charge in [-0.3, -0.25) is 4.79 Å². The minimum Gasteiger partial charge on any atom is -0.352 e. The molecule has 2 N–H and O–H groups in total. The van der Waals surface area contributed by atoms with Gasteiger partial charge in [0.15, 0.2) is 0 Å². The molecule has 1 amide bonds. The van der Waals surface area contributed by atoms with Gasteiger partial charge >= 0.3 is 0 Å². The summed E-state index contributed by atoms with van der Waals surface area (Å²) in [4.78, 5) is 11.7. The topological polar surface area (TPSA) is 41.1 Å². The summed E-state index contributed by atoms with van der Waals surface area (Å²) in [6, 6.07) is 8.80. The van der Waals surface area contributed by atoms with Crippen molar-refractivity contribution >= 4 is 5.91 Å². The predicted molar refractivity (Wildman–Crippen MR) is 73.3 cm³/mol. The first-order chi connectivity index (χ1) is 8.74. The van der Waals surface area contributed by atoms with E-state index in [9.17, 15) is 4.79 Å². The highest BCUT2D eigenvalue weighted by Gasteiger charge is 2.14. The molecule has 3 heteroatoms. The van der Waals surface area contributed by atoms with Gasteiger partial charge in [-0.05, 0) is 38.3 Å². The van der Waals surface area contributed by atoms with Crippen LogP contribution in [0.25, 0.3) is 0 Å². The van der Waals surface area contributed by atoms with Gasteiger partial charge in [0.25, 0.3) is 0 Å². The zero-order valence-electron chi connectivity index (χ0n) is 11.0. The van der Waals surface area contributed by atoms with E-state index in [-0.39, 0.29) is 5.91 Å². The van der Waals surface area contributed by atoms with Crippen molar-refractivity contribution in [2.75, 3.05) is 6.54 Å². The summed E-state index contributed by atoms with van der Waals surface area (Å²) in [5.41, 5.74) is 2.40. The highest BCUT2D eigenvalue weighted by atomic mass is 16.1. The molecule has 1 unspecified atom stereocenters. The highest BCUT2D eigenvalue weighted by molar-refractivity contribution is 5.75. The molecule has 0 bridgehead atoms. The summed E-state index contributed by atoms with van der Waals surface area (Å²) < 4.78 is 0. The van der Waals surface area contributed by atoms with E-state index in [0.717, 1.165) is 13.0 Å². The molecule has 1 aliphatic heterocycles. The average molecular weight is 246 g/mol. The average Bonchev–Trinajstić information content (AvgIpc) is 2.87. The van der Waals surface area contributed by atoms with Crippen molar-refractivity contribution in [3.63, 3.8) is 0 Å². The lowest BCUT2D eigenvalue weighted by molar-refractivity contribution is -0.121. The maximum absolute atomic E-state index is 11.7. The van der Waals surface area contributed by atoms with Gasteiger partial charge in [0, 0.05) is 19.0 Å². The van der Waals surface area contributed by atoms with Crippen LogP contribution in [0.5, 0.6) is 0 Å². The smallest absolute Gasteiger partial charge is 0.220 e. The monoisotopic (exact) mass is 246 g/mol. The van der Waals surface area contributed by atoms with Crippen LogP contribution in [0.3, 0.4) is 0 Å². The lowest BCUT2D eigenvalue weighted by Gasteiger charge is -2.10. The van der Waals surface area contributed by atoms with E-state index in [0.29, 0.717) is 19.0 Å². The molecule has 1 fully saturated rings. The molecule has 1 aromatic carbocycles. The molecule has 1 aliphatic rings. The fourth-order valence-electron chi connectivity index (χ4n) is 2.42. The third-order valence-electron chi connectivity index (χ3n) is 3.45. The van der Waals surface area contributed by atoms with Gasteiger partial charge in [0.1, 0.15) is 0 Å². The highest BCUT2D eigenvalue weighted by Crippen LogP contribution is 2.10. The number of rotatable bonds is 5. The van der Waals surface area contributed by atoms with Crippen molar-refractivity contribution in [2.24, 2.45) is 0 Å². The van der Waals surface area contributed by atoms with Crippen molar-refractivity contribution in [1.82, 2.24) is 10.6 Å². The molecule has 2 rings (SSSR count). The lowest BCUT2D eigenvalue weighted by Crippen LogP contribution is -2.27. The SMILES string of the molecule is Cc1cccc(CNC(=O)CCC2CCCN2)c1. The standard InChI is InChI=1S/C15H22N2O/c1-12-4-2-5-13(10-12)11-17-15(18)8-7-14-6-3-9-16-14/h2,4-5,10,14,16H,3,6-9,11H2,1H3,(H,17,18). The largest absolute Gasteiger partial charge is 0.352 e. The van der Waals surface area contributed by atoms with Gasteiger partial charge in [0.05, 0.1) is 0 Å². The van der Waals surface area contributed by atoms with E-state index in [1.54, 1.807) is 0 Å². The van der Waals surface area contributed by atoms with Crippen molar-refractivity contribution in [3.8, 4) is 0 Å². The Kier molecular flexibility index (Phi) is 4.76. The summed E-state index contributed by atoms with van der Waals surface area (Å²) in [7, 11) is 0. The molecule has 0 saturated carbocycles. The molecule has 0 aromatic heterocycles. The van der Waals surface area contributed by atoms with Crippen LogP contribution in [0.2, 0.25) is 0 Å². The molecule has 18 heavy (non-hydrogen) atoms. The van der Waals surface area contributed by atoms with E-state index in [2.05, 4.69) is 29.7 Å². The fourth-order valence-corrected chi connectivity index (χ4v) is 2.42. The molecule has 1 atom stereocenters. The molecule has 98 valence electrons. The number of carbonyl (C=O) groups excluding carboxylic acids is 1. The zero-order valence-corrected chi connectivity index (χ0v) is 11.0. The Bertz CT molecular complexity index is 397. The first-order valence-corrected chi connectivity index (χ1v) is 6.79. The summed E-state index contributed by atoms with van der Waals surface area (Å²) in [6.45, 7) is 3.81. The van der Waals surface area contributed by atoms with Crippen molar-refractivity contribution < 1.29 is 4.79 Å². The normalized spacial score (nSPS) is 18.8. The molecular formula is C15H22N2O. The summed E-state index contributed by atoms with van der Waals surface area (Å²) >= 11 is 0. The van der Waals surface area contributed by atoms with E-state index >= 15 is 0 Å². The van der Waals surface area contributed by atoms with E-state index < -0.39 is 0 Å². The minimum absolute atomic E-state index is 0.158. The Morgan fingerprint density at radius 2 is 2.39 bits per heavy atom. The quantitative estimate of drug-likeness (QED) is 0.835. The Morgan fingerprint density at radius 3 is 3.11 bits per heavy atom. The molecule has 0 aliphatic carbocycles. The first-order valence-electron chi connectivity index (χ1n) is 6.79. The summed E-state index contributed by atoms with van der Waals surface area (Å²) in [5, 5.41) is 6.40. The molecular weight excluding hydrogens is 224 g/mol. The zero-order chi connectivity index (χ0) is 12.8. The maximum atomic E-state index is 11.7. The Morgan fingerprint density at radius 1 is 1.50 bits per heavy atom. The van der Waals surface area contributed by atoms with E-state index in [1.165, 1.54) is 24.0 Å². The van der Waals surface area contributed by atoms with Crippen molar-refractivity contribution in [2.45, 2.75) is 45.2 Å². The number of nitrogens with one attached hydrogen (secondary N) is 2. The van der Waals surface area contributed by atoms with Crippen LogP contribution in [-0.2, 0) is 11.3 Å². The van der Waals surface area contributed by atoms with E-state index in [1.807, 2.05) is 12.1 Å². The first kappa shape index (κ1) is 13.1. The second-order valence-corrected chi connectivity index (χ2v) is 5.10. The second kappa shape index (κ2) is 6.55. The Hall–Kier alpha value is -1.35. The van der Waals surface area contributed by atoms with Crippen LogP contribution in [0.4, 0.5) is 0 Å². The maximum Gasteiger partial charge on any atom is 0.220 e. The molecule has 3 nitrogen and oxygen atoms in total. The van der Waals surface area contributed by atoms with Gasteiger partial charge < -0.3 is 10.6 Å². The van der Waals surface area contributed by atoms with Gasteiger partial charge in [-0.2, -0.15) is 0 Å². The third-order valence-corrected chi connectivity index (χ3v) is 3.45. The van der Waals surface area contributed by atoms with Gasteiger partial charge in [0.2, 0.25) is 5.91 Å². The number of aryl methyl sites for hydroxylation is 1. The van der Waals surface area contributed by atoms with Crippen LogP contribution in [0, 0.1) is 6.92 Å². The molecule has 1 aromatic rings.